The number of anilines is 4. The van der Waals surface area contributed by atoms with Gasteiger partial charge in [0.2, 0.25) is 5.95 Å². The third-order valence-electron chi connectivity index (χ3n) is 4.09. The third kappa shape index (κ3) is 4.14. The van der Waals surface area contributed by atoms with Crippen molar-refractivity contribution >= 4 is 23.1 Å². The lowest BCUT2D eigenvalue weighted by molar-refractivity contribution is 1.17. The van der Waals surface area contributed by atoms with E-state index in [9.17, 15) is 0 Å². The molecule has 2 N–H and O–H groups in total. The highest BCUT2D eigenvalue weighted by molar-refractivity contribution is 5.69. The van der Waals surface area contributed by atoms with E-state index >= 15 is 0 Å². The van der Waals surface area contributed by atoms with Crippen molar-refractivity contribution in [3.63, 3.8) is 0 Å². The molecule has 0 aliphatic carbocycles. The van der Waals surface area contributed by atoms with Gasteiger partial charge in [-0.1, -0.05) is 54.6 Å². The first-order valence-corrected chi connectivity index (χ1v) is 8.84. The van der Waals surface area contributed by atoms with Crippen LogP contribution in [0.2, 0.25) is 0 Å². The molecular weight excluding hydrogens is 346 g/mol. The molecule has 134 valence electrons. The molecule has 5 nitrogen and oxygen atoms in total. The highest BCUT2D eigenvalue weighted by Crippen LogP contribution is 2.25. The lowest BCUT2D eigenvalue weighted by atomic mass is 10.1. The quantitative estimate of drug-likeness (QED) is 0.489. The predicted octanol–water partition coefficient (Wildman–Crippen LogP) is 5.50. The van der Waals surface area contributed by atoms with Crippen LogP contribution in [0.3, 0.4) is 0 Å². The van der Waals surface area contributed by atoms with Crippen LogP contribution in [0.25, 0.3) is 11.3 Å². The number of rotatable bonds is 5. The number of benzene rings is 3. The zero-order chi connectivity index (χ0) is 19.2. The van der Waals surface area contributed by atoms with Gasteiger partial charge in [-0.15, -0.1) is 0 Å². The number of aromatic nitrogens is 2. The molecule has 1 heterocycles. The molecule has 0 aliphatic rings. The van der Waals surface area contributed by atoms with Gasteiger partial charge in [-0.25, -0.2) is 4.98 Å². The van der Waals surface area contributed by atoms with Crippen molar-refractivity contribution in [2.45, 2.75) is 0 Å². The zero-order valence-corrected chi connectivity index (χ0v) is 15.0. The van der Waals surface area contributed by atoms with Crippen molar-refractivity contribution in [3.05, 3.63) is 96.6 Å². The van der Waals surface area contributed by atoms with Crippen LogP contribution in [0.5, 0.6) is 0 Å². The topological polar surface area (TPSA) is 73.6 Å². The van der Waals surface area contributed by atoms with Crippen LogP contribution < -0.4 is 10.6 Å². The molecule has 0 fully saturated rings. The summed E-state index contributed by atoms with van der Waals surface area (Å²) in [6, 6.07) is 31.1. The molecule has 3 aromatic carbocycles. The summed E-state index contributed by atoms with van der Waals surface area (Å²) in [6.45, 7) is 0. The zero-order valence-electron chi connectivity index (χ0n) is 15.0. The van der Waals surface area contributed by atoms with Gasteiger partial charge in [-0.05, 0) is 30.3 Å². The normalized spacial score (nSPS) is 10.1. The number of nitrogens with zero attached hydrogens (tertiary/aromatic N) is 3. The fourth-order valence-corrected chi connectivity index (χ4v) is 2.79. The van der Waals surface area contributed by atoms with E-state index in [4.69, 9.17) is 5.26 Å². The summed E-state index contributed by atoms with van der Waals surface area (Å²) in [5.41, 5.74) is 4.08. The first-order chi connectivity index (χ1) is 13.8. The molecule has 0 radical (unpaired) electrons. The molecule has 1 aromatic heterocycles. The van der Waals surface area contributed by atoms with Gasteiger partial charge in [0.15, 0.2) is 0 Å². The fraction of sp³-hybridized carbons (Fsp3) is 0. The Kier molecular flexibility index (Phi) is 4.94. The van der Waals surface area contributed by atoms with Crippen molar-refractivity contribution in [2.24, 2.45) is 0 Å². The Hall–Kier alpha value is -4.17. The summed E-state index contributed by atoms with van der Waals surface area (Å²) in [4.78, 5) is 9.25. The fourth-order valence-electron chi connectivity index (χ4n) is 2.79. The van der Waals surface area contributed by atoms with Gasteiger partial charge in [-0.3, -0.25) is 0 Å². The maximum atomic E-state index is 9.12. The van der Waals surface area contributed by atoms with Gasteiger partial charge >= 0.3 is 0 Å². The third-order valence-corrected chi connectivity index (χ3v) is 4.09. The molecule has 0 bridgehead atoms. The minimum Gasteiger partial charge on any atom is -0.340 e. The van der Waals surface area contributed by atoms with Gasteiger partial charge < -0.3 is 10.6 Å². The molecule has 0 saturated heterocycles. The lowest BCUT2D eigenvalue weighted by Crippen LogP contribution is -2.02. The van der Waals surface area contributed by atoms with Gasteiger partial charge in [0.05, 0.1) is 17.3 Å². The first kappa shape index (κ1) is 17.3. The van der Waals surface area contributed by atoms with Crippen molar-refractivity contribution < 1.29 is 0 Å². The minimum absolute atomic E-state index is 0.492. The van der Waals surface area contributed by atoms with E-state index in [1.165, 1.54) is 0 Å². The summed E-state index contributed by atoms with van der Waals surface area (Å²) >= 11 is 0. The Morgan fingerprint density at radius 2 is 1.39 bits per heavy atom. The van der Waals surface area contributed by atoms with E-state index in [1.54, 1.807) is 12.1 Å². The van der Waals surface area contributed by atoms with Crippen LogP contribution in [-0.2, 0) is 0 Å². The molecule has 0 amide bonds. The summed E-state index contributed by atoms with van der Waals surface area (Å²) < 4.78 is 0. The van der Waals surface area contributed by atoms with E-state index in [1.807, 2.05) is 78.9 Å². The Morgan fingerprint density at radius 3 is 2.14 bits per heavy atom. The number of nitrogens with one attached hydrogen (secondary N) is 2. The van der Waals surface area contributed by atoms with Crippen LogP contribution in [-0.4, -0.2) is 9.97 Å². The minimum atomic E-state index is 0.492. The van der Waals surface area contributed by atoms with E-state index in [0.29, 0.717) is 17.3 Å². The molecule has 28 heavy (non-hydrogen) atoms. The maximum Gasteiger partial charge on any atom is 0.229 e. The van der Waals surface area contributed by atoms with Gasteiger partial charge in [0.1, 0.15) is 5.82 Å². The number of hydrogen-bond acceptors (Lipinski definition) is 5. The average Bonchev–Trinajstić information content (AvgIpc) is 2.75. The molecular formula is C23H17N5. The van der Waals surface area contributed by atoms with E-state index in [0.717, 1.165) is 22.6 Å². The molecule has 5 heteroatoms. The Bertz CT molecular complexity index is 1120. The van der Waals surface area contributed by atoms with Crippen molar-refractivity contribution in [1.29, 1.82) is 5.26 Å². The molecule has 0 aliphatic heterocycles. The summed E-state index contributed by atoms with van der Waals surface area (Å²) in [7, 11) is 0. The lowest BCUT2D eigenvalue weighted by Gasteiger charge is -2.12. The van der Waals surface area contributed by atoms with Gasteiger partial charge in [0, 0.05) is 23.0 Å². The van der Waals surface area contributed by atoms with Crippen molar-refractivity contribution in [3.8, 4) is 17.3 Å². The molecule has 0 unspecified atom stereocenters. The van der Waals surface area contributed by atoms with E-state index in [-0.39, 0.29) is 0 Å². The van der Waals surface area contributed by atoms with Crippen LogP contribution in [0.1, 0.15) is 5.56 Å². The smallest absolute Gasteiger partial charge is 0.229 e. The average molecular weight is 363 g/mol. The van der Waals surface area contributed by atoms with E-state index < -0.39 is 0 Å². The van der Waals surface area contributed by atoms with Crippen LogP contribution in [0.4, 0.5) is 23.1 Å². The monoisotopic (exact) mass is 363 g/mol. The standard InChI is InChI=1S/C23H17N5/c24-16-17-8-7-13-20(14-17)25-22-15-21(18-9-3-1-4-10-18)27-23(28-22)26-19-11-5-2-6-12-19/h1-15H,(H2,25,26,27,28). The van der Waals surface area contributed by atoms with E-state index in [2.05, 4.69) is 26.7 Å². The SMILES string of the molecule is N#Cc1cccc(Nc2cc(-c3ccccc3)nc(Nc3ccccc3)n2)c1. The second-order valence-electron chi connectivity index (χ2n) is 6.14. The molecule has 0 saturated carbocycles. The second-order valence-corrected chi connectivity index (χ2v) is 6.14. The largest absolute Gasteiger partial charge is 0.340 e. The summed E-state index contributed by atoms with van der Waals surface area (Å²) in [5, 5.41) is 15.6. The Balaban J connectivity index is 1.72. The number of hydrogen-bond donors (Lipinski definition) is 2. The maximum absolute atomic E-state index is 9.12. The highest BCUT2D eigenvalue weighted by Gasteiger charge is 2.08. The Labute approximate surface area is 163 Å². The predicted molar refractivity (Wildman–Crippen MR) is 112 cm³/mol. The van der Waals surface area contributed by atoms with Gasteiger partial charge in [-0.2, -0.15) is 10.2 Å². The summed E-state index contributed by atoms with van der Waals surface area (Å²) in [5.74, 6) is 1.13. The second kappa shape index (κ2) is 8.02. The van der Waals surface area contributed by atoms with Crippen molar-refractivity contribution in [2.75, 3.05) is 10.6 Å². The molecule has 4 aromatic rings. The molecule has 0 atom stereocenters. The van der Waals surface area contributed by atoms with Crippen LogP contribution in [0.15, 0.2) is 91.0 Å². The highest BCUT2D eigenvalue weighted by atomic mass is 15.1. The van der Waals surface area contributed by atoms with Crippen LogP contribution >= 0.6 is 0 Å². The van der Waals surface area contributed by atoms with Crippen molar-refractivity contribution in [1.82, 2.24) is 9.97 Å². The molecule has 4 rings (SSSR count). The van der Waals surface area contributed by atoms with Crippen LogP contribution in [0, 0.1) is 11.3 Å². The summed E-state index contributed by atoms with van der Waals surface area (Å²) in [6.07, 6.45) is 0. The molecule has 0 spiro atoms. The van der Waals surface area contributed by atoms with Gasteiger partial charge in [0.25, 0.3) is 0 Å². The Morgan fingerprint density at radius 1 is 0.679 bits per heavy atom. The number of para-hydroxylation sites is 1. The first-order valence-electron chi connectivity index (χ1n) is 8.84. The number of nitriles is 1.